The van der Waals surface area contributed by atoms with Gasteiger partial charge in [0.2, 0.25) is 0 Å². The Balaban J connectivity index is 1.53. The van der Waals surface area contributed by atoms with Crippen molar-refractivity contribution >= 4 is 29.4 Å². The van der Waals surface area contributed by atoms with Crippen LogP contribution in [0, 0.1) is 0 Å². The summed E-state index contributed by atoms with van der Waals surface area (Å²) in [5.74, 6) is -1.71. The molecule has 0 saturated carbocycles. The van der Waals surface area contributed by atoms with Crippen LogP contribution < -0.4 is 24.8 Å². The third kappa shape index (κ3) is 7.07. The van der Waals surface area contributed by atoms with E-state index in [0.29, 0.717) is 17.0 Å². The lowest BCUT2D eigenvalue weighted by Crippen LogP contribution is -2.34. The van der Waals surface area contributed by atoms with Crippen molar-refractivity contribution in [1.29, 1.82) is 0 Å². The largest absolute Gasteiger partial charge is 0.495 e. The van der Waals surface area contributed by atoms with Crippen LogP contribution in [0.25, 0.3) is 0 Å². The Bertz CT molecular complexity index is 1240. The Morgan fingerprint density at radius 3 is 2.11 bits per heavy atom. The third-order valence-corrected chi connectivity index (χ3v) is 4.76. The number of benzene rings is 3. The van der Waals surface area contributed by atoms with Crippen LogP contribution >= 0.6 is 0 Å². The smallest absolute Gasteiger partial charge is 0.338 e. The summed E-state index contributed by atoms with van der Waals surface area (Å²) in [4.78, 5) is 48.6. The number of anilines is 1. The molecule has 10 heteroatoms. The molecule has 0 aliphatic heterocycles. The molecule has 3 aromatic rings. The van der Waals surface area contributed by atoms with Gasteiger partial charge >= 0.3 is 5.97 Å². The van der Waals surface area contributed by atoms with E-state index >= 15 is 0 Å². The molecule has 0 saturated heterocycles. The average molecular weight is 492 g/mol. The Morgan fingerprint density at radius 2 is 1.39 bits per heavy atom. The fraction of sp³-hybridized carbons (Fsp3) is 0.154. The van der Waals surface area contributed by atoms with E-state index in [1.54, 1.807) is 54.6 Å². The Morgan fingerprint density at radius 1 is 0.694 bits per heavy atom. The molecule has 2 N–H and O–H groups in total. The molecule has 0 spiro atoms. The maximum absolute atomic E-state index is 12.4. The number of rotatable bonds is 10. The van der Waals surface area contributed by atoms with E-state index in [1.165, 1.54) is 32.4 Å². The highest BCUT2D eigenvalue weighted by Crippen LogP contribution is 2.29. The van der Waals surface area contributed by atoms with Crippen LogP contribution in [-0.2, 0) is 14.3 Å². The quantitative estimate of drug-likeness (QED) is 0.414. The normalized spacial score (nSPS) is 10.1. The second-order valence-electron chi connectivity index (χ2n) is 7.22. The van der Waals surface area contributed by atoms with Crippen molar-refractivity contribution < 1.29 is 38.1 Å². The van der Waals surface area contributed by atoms with E-state index in [-0.39, 0.29) is 23.7 Å². The molecule has 3 amide bonds. The molecule has 0 unspecified atom stereocenters. The van der Waals surface area contributed by atoms with Gasteiger partial charge < -0.3 is 24.3 Å². The fourth-order valence-corrected chi connectivity index (χ4v) is 3.03. The maximum atomic E-state index is 12.4. The minimum atomic E-state index is -0.809. The fourth-order valence-electron chi connectivity index (χ4n) is 3.03. The Kier molecular flexibility index (Phi) is 8.99. The van der Waals surface area contributed by atoms with Crippen molar-refractivity contribution in [2.45, 2.75) is 0 Å². The number of para-hydroxylation sites is 2. The highest BCUT2D eigenvalue weighted by Gasteiger charge is 2.17. The van der Waals surface area contributed by atoms with Crippen molar-refractivity contribution in [3.8, 4) is 17.2 Å². The van der Waals surface area contributed by atoms with Crippen LogP contribution in [0.3, 0.4) is 0 Å². The zero-order valence-electron chi connectivity index (χ0n) is 19.6. The predicted octanol–water partition coefficient (Wildman–Crippen LogP) is 2.83. The van der Waals surface area contributed by atoms with Gasteiger partial charge in [-0.05, 0) is 42.5 Å². The standard InChI is InChI=1S/C26H24N2O8/c1-33-20-11-7-6-10-19(20)27-23(29)15-35-21-13-12-18(14-22(21)34-2)26(32)36-16-24(30)28-25(31)17-8-4-3-5-9-17/h3-14H,15-16H2,1-2H3,(H,27,29)(H,28,30,31). The molecule has 10 nitrogen and oxygen atoms in total. The predicted molar refractivity (Wildman–Crippen MR) is 129 cm³/mol. The topological polar surface area (TPSA) is 129 Å². The van der Waals surface area contributed by atoms with E-state index < -0.39 is 30.3 Å². The summed E-state index contributed by atoms with van der Waals surface area (Å²) >= 11 is 0. The molecule has 0 aromatic heterocycles. The molecule has 0 aliphatic rings. The number of ether oxygens (including phenoxy) is 4. The van der Waals surface area contributed by atoms with Gasteiger partial charge in [-0.15, -0.1) is 0 Å². The Labute approximate surface area is 207 Å². The molecule has 186 valence electrons. The number of carbonyl (C=O) groups is 4. The number of amides is 3. The Hall–Kier alpha value is -4.86. The molecule has 0 heterocycles. The van der Waals surface area contributed by atoms with Gasteiger partial charge in [-0.3, -0.25) is 19.7 Å². The SMILES string of the molecule is COc1ccccc1NC(=O)COc1ccc(C(=O)OCC(=O)NC(=O)c2ccccc2)cc1OC. The van der Waals surface area contributed by atoms with E-state index in [2.05, 4.69) is 10.6 Å². The number of hydrogen-bond donors (Lipinski definition) is 2. The average Bonchev–Trinajstić information content (AvgIpc) is 2.91. The van der Waals surface area contributed by atoms with Crippen molar-refractivity contribution in [1.82, 2.24) is 5.32 Å². The van der Waals surface area contributed by atoms with Crippen molar-refractivity contribution in [2.75, 3.05) is 32.8 Å². The van der Waals surface area contributed by atoms with Gasteiger partial charge in [0.15, 0.2) is 24.7 Å². The summed E-state index contributed by atoms with van der Waals surface area (Å²) < 4.78 is 20.9. The first kappa shape index (κ1) is 25.8. The molecule has 0 fully saturated rings. The lowest BCUT2D eigenvalue weighted by atomic mass is 10.2. The molecule has 0 aliphatic carbocycles. The molecule has 0 radical (unpaired) electrons. The van der Waals surface area contributed by atoms with E-state index in [9.17, 15) is 19.2 Å². The summed E-state index contributed by atoms with van der Waals surface area (Å²) in [5, 5.41) is 4.83. The lowest BCUT2D eigenvalue weighted by molar-refractivity contribution is -0.123. The van der Waals surface area contributed by atoms with Gasteiger partial charge in [-0.25, -0.2) is 4.79 Å². The monoisotopic (exact) mass is 492 g/mol. The number of hydrogen-bond acceptors (Lipinski definition) is 8. The molecular formula is C26H24N2O8. The van der Waals surface area contributed by atoms with Crippen molar-refractivity contribution in [3.63, 3.8) is 0 Å². The highest BCUT2D eigenvalue weighted by atomic mass is 16.5. The molecule has 3 aromatic carbocycles. The summed E-state index contributed by atoms with van der Waals surface area (Å²) in [5.41, 5.74) is 0.877. The number of nitrogens with one attached hydrogen (secondary N) is 2. The zero-order valence-corrected chi connectivity index (χ0v) is 19.6. The molecule has 36 heavy (non-hydrogen) atoms. The second kappa shape index (κ2) is 12.6. The summed E-state index contributed by atoms with van der Waals surface area (Å²) in [6.45, 7) is -0.977. The van der Waals surface area contributed by atoms with Gasteiger partial charge in [0.1, 0.15) is 5.75 Å². The van der Waals surface area contributed by atoms with Crippen LogP contribution in [0.2, 0.25) is 0 Å². The first-order valence-electron chi connectivity index (χ1n) is 10.7. The van der Waals surface area contributed by atoms with Gasteiger partial charge in [-0.1, -0.05) is 30.3 Å². The molecular weight excluding hydrogens is 468 g/mol. The van der Waals surface area contributed by atoms with Crippen molar-refractivity contribution in [3.05, 3.63) is 83.9 Å². The van der Waals surface area contributed by atoms with Gasteiger partial charge in [0.25, 0.3) is 17.7 Å². The van der Waals surface area contributed by atoms with Gasteiger partial charge in [0, 0.05) is 5.56 Å². The molecule has 0 atom stereocenters. The minimum absolute atomic E-state index is 0.0832. The maximum Gasteiger partial charge on any atom is 0.338 e. The van der Waals surface area contributed by atoms with E-state index in [0.717, 1.165) is 0 Å². The van der Waals surface area contributed by atoms with Crippen LogP contribution in [0.15, 0.2) is 72.8 Å². The summed E-state index contributed by atoms with van der Waals surface area (Å²) in [6, 6.07) is 19.3. The first-order chi connectivity index (χ1) is 17.4. The summed E-state index contributed by atoms with van der Waals surface area (Å²) in [6.07, 6.45) is 0. The first-order valence-corrected chi connectivity index (χ1v) is 10.7. The van der Waals surface area contributed by atoms with E-state index in [1.807, 2.05) is 0 Å². The van der Waals surface area contributed by atoms with Gasteiger partial charge in [0.05, 0.1) is 25.5 Å². The number of carbonyl (C=O) groups excluding carboxylic acids is 4. The van der Waals surface area contributed by atoms with Crippen LogP contribution in [0.4, 0.5) is 5.69 Å². The second-order valence-corrected chi connectivity index (χ2v) is 7.22. The number of esters is 1. The minimum Gasteiger partial charge on any atom is -0.495 e. The van der Waals surface area contributed by atoms with E-state index in [4.69, 9.17) is 18.9 Å². The van der Waals surface area contributed by atoms with Crippen LogP contribution in [0.5, 0.6) is 17.2 Å². The third-order valence-electron chi connectivity index (χ3n) is 4.76. The molecule has 3 rings (SSSR count). The zero-order chi connectivity index (χ0) is 25.9. The van der Waals surface area contributed by atoms with Gasteiger partial charge in [-0.2, -0.15) is 0 Å². The number of methoxy groups -OCH3 is 2. The highest BCUT2D eigenvalue weighted by molar-refractivity contribution is 6.05. The summed E-state index contributed by atoms with van der Waals surface area (Å²) in [7, 11) is 2.87. The molecule has 0 bridgehead atoms. The van der Waals surface area contributed by atoms with Crippen molar-refractivity contribution in [2.24, 2.45) is 0 Å². The lowest BCUT2D eigenvalue weighted by Gasteiger charge is -2.13. The van der Waals surface area contributed by atoms with Crippen LogP contribution in [-0.4, -0.2) is 51.1 Å². The van der Waals surface area contributed by atoms with Crippen LogP contribution in [0.1, 0.15) is 20.7 Å². The number of imide groups is 1.